The van der Waals surface area contributed by atoms with Gasteiger partial charge in [0.2, 0.25) is 0 Å². The van der Waals surface area contributed by atoms with Gasteiger partial charge in [-0.2, -0.15) is 0 Å². The Labute approximate surface area is 98.2 Å². The van der Waals surface area contributed by atoms with Gasteiger partial charge >= 0.3 is 5.97 Å². The summed E-state index contributed by atoms with van der Waals surface area (Å²) in [6.45, 7) is 0.617. The van der Waals surface area contributed by atoms with E-state index in [-0.39, 0.29) is 6.04 Å². The molecule has 0 radical (unpaired) electrons. The lowest BCUT2D eigenvalue weighted by atomic mass is 10.1. The molecule has 1 aromatic carbocycles. The smallest absolute Gasteiger partial charge is 0.334 e. The van der Waals surface area contributed by atoms with Crippen LogP contribution in [0.5, 0.6) is 0 Å². The lowest BCUT2D eigenvalue weighted by molar-refractivity contribution is -0.153. The zero-order valence-electron chi connectivity index (χ0n) is 8.52. The molecule has 86 valence electrons. The topological polar surface area (TPSA) is 58.6 Å². The molecule has 16 heavy (non-hydrogen) atoms. The summed E-state index contributed by atoms with van der Waals surface area (Å²) in [5, 5.41) is 12.5. The number of carbonyl (C=O) groups is 1. The van der Waals surface area contributed by atoms with Crippen LogP contribution in [0.4, 0.5) is 0 Å². The molecule has 0 saturated carbocycles. The lowest BCUT2D eigenvalue weighted by Gasteiger charge is -2.28. The fourth-order valence-corrected chi connectivity index (χ4v) is 1.96. The van der Waals surface area contributed by atoms with Gasteiger partial charge in [0.15, 0.2) is 6.10 Å². The summed E-state index contributed by atoms with van der Waals surface area (Å²) in [6.07, 6.45) is -0.765. The fourth-order valence-electron chi connectivity index (χ4n) is 1.70. The number of nitrogens with one attached hydrogen (secondary N) is 1. The summed E-state index contributed by atoms with van der Waals surface area (Å²) < 4.78 is 5.24. The van der Waals surface area contributed by atoms with E-state index in [9.17, 15) is 4.79 Å². The molecule has 4 nitrogen and oxygen atoms in total. The minimum absolute atomic E-state index is 0.0377. The van der Waals surface area contributed by atoms with Gasteiger partial charge in [0, 0.05) is 11.6 Å². The number of halogens is 1. The first-order valence-corrected chi connectivity index (χ1v) is 5.38. The molecule has 0 aromatic heterocycles. The first kappa shape index (κ1) is 11.4. The van der Waals surface area contributed by atoms with Crippen molar-refractivity contribution in [3.05, 3.63) is 34.9 Å². The molecule has 0 amide bonds. The third-order valence-corrected chi connectivity index (χ3v) is 2.91. The Kier molecular flexibility index (Phi) is 3.43. The maximum atomic E-state index is 10.7. The zero-order chi connectivity index (χ0) is 11.5. The van der Waals surface area contributed by atoms with Crippen LogP contribution in [0.25, 0.3) is 0 Å². The fraction of sp³-hybridized carbons (Fsp3) is 0.364. The monoisotopic (exact) mass is 241 g/mol. The summed E-state index contributed by atoms with van der Waals surface area (Å²) in [5.41, 5.74) is 0.938. The summed E-state index contributed by atoms with van der Waals surface area (Å²) in [4.78, 5) is 10.7. The molecule has 1 saturated heterocycles. The average Bonchev–Trinajstić information content (AvgIpc) is 2.30. The summed E-state index contributed by atoms with van der Waals surface area (Å²) in [7, 11) is 0. The second-order valence-corrected chi connectivity index (χ2v) is 4.05. The molecule has 2 unspecified atom stereocenters. The van der Waals surface area contributed by atoms with Gasteiger partial charge in [-0.05, 0) is 11.6 Å². The molecule has 1 aliphatic heterocycles. The molecule has 2 atom stereocenters. The maximum Gasteiger partial charge on any atom is 0.334 e. The third-order valence-electron chi connectivity index (χ3n) is 2.57. The second kappa shape index (κ2) is 4.82. The number of carboxylic acid groups (broad SMARTS) is 1. The van der Waals surface area contributed by atoms with Crippen molar-refractivity contribution >= 4 is 17.6 Å². The van der Waals surface area contributed by atoms with E-state index in [1.54, 1.807) is 0 Å². The number of morpholine rings is 1. The predicted molar refractivity (Wildman–Crippen MR) is 59.6 cm³/mol. The van der Waals surface area contributed by atoms with Gasteiger partial charge in [-0.15, -0.1) is 0 Å². The van der Waals surface area contributed by atoms with Crippen LogP contribution < -0.4 is 5.32 Å². The normalized spacial score (nSPS) is 25.3. The average molecular weight is 242 g/mol. The van der Waals surface area contributed by atoms with E-state index in [4.69, 9.17) is 21.4 Å². The molecule has 0 bridgehead atoms. The Bertz CT molecular complexity index is 389. The van der Waals surface area contributed by atoms with Crippen molar-refractivity contribution in [2.45, 2.75) is 12.1 Å². The largest absolute Gasteiger partial charge is 0.479 e. The van der Waals surface area contributed by atoms with Gasteiger partial charge in [0.1, 0.15) is 0 Å². The van der Waals surface area contributed by atoms with Crippen molar-refractivity contribution in [1.82, 2.24) is 5.32 Å². The Hall–Kier alpha value is -1.10. The highest BCUT2D eigenvalue weighted by molar-refractivity contribution is 6.31. The van der Waals surface area contributed by atoms with Gasteiger partial charge in [-0.25, -0.2) is 4.79 Å². The van der Waals surface area contributed by atoms with Gasteiger partial charge in [0.05, 0.1) is 12.6 Å². The molecule has 0 spiro atoms. The van der Waals surface area contributed by atoms with E-state index in [0.717, 1.165) is 5.56 Å². The number of carboxylic acids is 1. The van der Waals surface area contributed by atoms with Crippen LogP contribution in [0.1, 0.15) is 11.6 Å². The molecular weight excluding hydrogens is 230 g/mol. The van der Waals surface area contributed by atoms with Crippen molar-refractivity contribution in [2.75, 3.05) is 13.2 Å². The van der Waals surface area contributed by atoms with E-state index >= 15 is 0 Å². The number of ether oxygens (including phenoxy) is 1. The Morgan fingerprint density at radius 3 is 2.81 bits per heavy atom. The molecule has 2 N–H and O–H groups in total. The van der Waals surface area contributed by atoms with E-state index < -0.39 is 12.1 Å². The number of aliphatic carboxylic acids is 1. The van der Waals surface area contributed by atoms with Gasteiger partial charge in [-0.1, -0.05) is 29.8 Å². The zero-order valence-corrected chi connectivity index (χ0v) is 9.28. The SMILES string of the molecule is O=C(O)C1CNC(c2ccccc2Cl)CO1. The molecule has 1 aliphatic rings. The van der Waals surface area contributed by atoms with Crippen LogP contribution in [-0.2, 0) is 9.53 Å². The highest BCUT2D eigenvalue weighted by Crippen LogP contribution is 2.24. The minimum Gasteiger partial charge on any atom is -0.479 e. The molecule has 1 fully saturated rings. The van der Waals surface area contributed by atoms with Gasteiger partial charge in [0.25, 0.3) is 0 Å². The Morgan fingerprint density at radius 2 is 2.25 bits per heavy atom. The predicted octanol–water partition coefficient (Wildman–Crippen LogP) is 1.45. The molecular formula is C11H12ClNO3. The number of rotatable bonds is 2. The summed E-state index contributed by atoms with van der Waals surface area (Å²) >= 11 is 6.04. The van der Waals surface area contributed by atoms with Crippen molar-refractivity contribution < 1.29 is 14.6 Å². The number of hydrogen-bond donors (Lipinski definition) is 2. The quantitative estimate of drug-likeness (QED) is 0.823. The summed E-state index contributed by atoms with van der Waals surface area (Å²) in [5.74, 6) is -0.940. The van der Waals surface area contributed by atoms with Crippen molar-refractivity contribution in [2.24, 2.45) is 0 Å². The Balaban J connectivity index is 2.05. The van der Waals surface area contributed by atoms with Gasteiger partial charge < -0.3 is 15.2 Å². The van der Waals surface area contributed by atoms with Crippen LogP contribution in [-0.4, -0.2) is 30.3 Å². The highest BCUT2D eigenvalue weighted by atomic mass is 35.5. The number of benzene rings is 1. The van der Waals surface area contributed by atoms with Crippen LogP contribution >= 0.6 is 11.6 Å². The highest BCUT2D eigenvalue weighted by Gasteiger charge is 2.27. The van der Waals surface area contributed by atoms with Crippen molar-refractivity contribution in [3.63, 3.8) is 0 Å². The van der Waals surface area contributed by atoms with E-state index in [1.165, 1.54) is 0 Å². The van der Waals surface area contributed by atoms with E-state index in [2.05, 4.69) is 5.32 Å². The summed E-state index contributed by atoms with van der Waals surface area (Å²) in [6, 6.07) is 7.43. The van der Waals surface area contributed by atoms with Gasteiger partial charge in [-0.3, -0.25) is 0 Å². The van der Waals surface area contributed by atoms with E-state index in [0.29, 0.717) is 18.2 Å². The van der Waals surface area contributed by atoms with Crippen LogP contribution in [0.2, 0.25) is 5.02 Å². The standard InChI is InChI=1S/C11H12ClNO3/c12-8-4-2-1-3-7(8)9-6-16-10(5-13-9)11(14)15/h1-4,9-10,13H,5-6H2,(H,14,15). The van der Waals surface area contributed by atoms with E-state index in [1.807, 2.05) is 24.3 Å². The Morgan fingerprint density at radius 1 is 1.50 bits per heavy atom. The second-order valence-electron chi connectivity index (χ2n) is 3.64. The molecule has 5 heteroatoms. The number of hydrogen-bond acceptors (Lipinski definition) is 3. The van der Waals surface area contributed by atoms with Crippen molar-refractivity contribution in [1.29, 1.82) is 0 Å². The van der Waals surface area contributed by atoms with Crippen molar-refractivity contribution in [3.8, 4) is 0 Å². The minimum atomic E-state index is -0.940. The molecule has 0 aliphatic carbocycles. The first-order valence-electron chi connectivity index (χ1n) is 5.00. The molecule has 1 aromatic rings. The third kappa shape index (κ3) is 2.35. The lowest BCUT2D eigenvalue weighted by Crippen LogP contribution is -2.45. The van der Waals surface area contributed by atoms with Crippen LogP contribution in [0.3, 0.4) is 0 Å². The van der Waals surface area contributed by atoms with Crippen LogP contribution in [0.15, 0.2) is 24.3 Å². The maximum absolute atomic E-state index is 10.7. The molecule has 2 rings (SSSR count). The first-order chi connectivity index (χ1) is 7.68. The molecule has 1 heterocycles. The van der Waals surface area contributed by atoms with Crippen LogP contribution in [0, 0.1) is 0 Å².